The molecular weight excluding hydrogens is 252 g/mol. The lowest BCUT2D eigenvalue weighted by Crippen LogP contribution is -2.25. The van der Waals surface area contributed by atoms with Gasteiger partial charge in [0.25, 0.3) is 0 Å². The van der Waals surface area contributed by atoms with Gasteiger partial charge in [0.05, 0.1) is 12.2 Å². The van der Waals surface area contributed by atoms with Crippen molar-refractivity contribution in [3.05, 3.63) is 22.9 Å². The minimum absolute atomic E-state index is 0.166. The molecule has 0 aliphatic heterocycles. The summed E-state index contributed by atoms with van der Waals surface area (Å²) in [6.45, 7) is 12.6. The molecule has 0 fully saturated rings. The fourth-order valence-electron chi connectivity index (χ4n) is 1.91. The molecule has 114 valence electrons. The number of methoxy groups -OCH3 is 1. The van der Waals surface area contributed by atoms with Crippen LogP contribution >= 0.6 is 0 Å². The van der Waals surface area contributed by atoms with E-state index in [9.17, 15) is 0 Å². The fraction of sp³-hybridized carbons (Fsp3) is 0.688. The minimum Gasteiger partial charge on any atom is -0.477 e. The van der Waals surface area contributed by atoms with Gasteiger partial charge in [-0.2, -0.15) is 0 Å². The van der Waals surface area contributed by atoms with Crippen LogP contribution in [-0.4, -0.2) is 30.8 Å². The predicted molar refractivity (Wildman–Crippen MR) is 82.3 cm³/mol. The topological polar surface area (TPSA) is 43.4 Å². The average molecular weight is 280 g/mol. The molecule has 4 heteroatoms. The number of aromatic nitrogens is 1. The van der Waals surface area contributed by atoms with E-state index in [0.717, 1.165) is 36.6 Å². The lowest BCUT2D eigenvalue weighted by Gasteiger charge is -2.23. The Kier molecular flexibility index (Phi) is 6.43. The van der Waals surface area contributed by atoms with Gasteiger partial charge < -0.3 is 14.8 Å². The lowest BCUT2D eigenvalue weighted by molar-refractivity contribution is 0.00498. The summed E-state index contributed by atoms with van der Waals surface area (Å²) in [5.41, 5.74) is 3.19. The molecule has 1 rings (SSSR count). The van der Waals surface area contributed by atoms with Crippen molar-refractivity contribution < 1.29 is 9.47 Å². The summed E-state index contributed by atoms with van der Waals surface area (Å²) in [6, 6.07) is 2.10. The standard InChI is InChI=1S/C16H28N2O2/c1-7-17-11-14-12(2)10-13(3)18-15(14)20-9-8-16(4,5)19-6/h10,17H,7-9,11H2,1-6H3. The lowest BCUT2D eigenvalue weighted by atomic mass is 10.1. The zero-order valence-corrected chi connectivity index (χ0v) is 13.7. The third-order valence-electron chi connectivity index (χ3n) is 3.48. The Morgan fingerprint density at radius 3 is 2.60 bits per heavy atom. The highest BCUT2D eigenvalue weighted by Crippen LogP contribution is 2.22. The SMILES string of the molecule is CCNCc1c(C)cc(C)nc1OCCC(C)(C)OC. The van der Waals surface area contributed by atoms with Gasteiger partial charge in [0, 0.05) is 31.3 Å². The van der Waals surface area contributed by atoms with Crippen molar-refractivity contribution in [3.8, 4) is 5.88 Å². The first-order valence-corrected chi connectivity index (χ1v) is 7.25. The zero-order valence-electron chi connectivity index (χ0n) is 13.7. The molecule has 4 nitrogen and oxygen atoms in total. The third-order valence-corrected chi connectivity index (χ3v) is 3.48. The van der Waals surface area contributed by atoms with Crippen molar-refractivity contribution in [1.29, 1.82) is 0 Å². The van der Waals surface area contributed by atoms with E-state index < -0.39 is 0 Å². The second kappa shape index (κ2) is 7.60. The van der Waals surface area contributed by atoms with E-state index in [1.54, 1.807) is 7.11 Å². The van der Waals surface area contributed by atoms with Crippen molar-refractivity contribution in [2.24, 2.45) is 0 Å². The number of nitrogens with zero attached hydrogens (tertiary/aromatic N) is 1. The smallest absolute Gasteiger partial charge is 0.218 e. The molecule has 1 aromatic heterocycles. The predicted octanol–water partition coefficient (Wildman–Crippen LogP) is 3.00. The summed E-state index contributed by atoms with van der Waals surface area (Å²) in [5.74, 6) is 0.746. The molecule has 0 saturated carbocycles. The van der Waals surface area contributed by atoms with Gasteiger partial charge >= 0.3 is 0 Å². The van der Waals surface area contributed by atoms with E-state index in [0.29, 0.717) is 6.61 Å². The maximum absolute atomic E-state index is 5.90. The number of rotatable bonds is 8. The Morgan fingerprint density at radius 2 is 2.00 bits per heavy atom. The van der Waals surface area contributed by atoms with Gasteiger partial charge in [0.1, 0.15) is 0 Å². The molecule has 0 radical (unpaired) electrons. The number of hydrogen-bond acceptors (Lipinski definition) is 4. The number of aryl methyl sites for hydroxylation is 2. The van der Waals surface area contributed by atoms with Crippen LogP contribution in [0.2, 0.25) is 0 Å². The van der Waals surface area contributed by atoms with Crippen LogP contribution in [0.3, 0.4) is 0 Å². The molecule has 0 saturated heterocycles. The molecule has 1 aromatic rings. The highest BCUT2D eigenvalue weighted by Gasteiger charge is 2.17. The zero-order chi connectivity index (χ0) is 15.2. The number of pyridine rings is 1. The molecule has 0 amide bonds. The first-order valence-electron chi connectivity index (χ1n) is 7.25. The fourth-order valence-corrected chi connectivity index (χ4v) is 1.91. The molecule has 20 heavy (non-hydrogen) atoms. The normalized spacial score (nSPS) is 11.7. The van der Waals surface area contributed by atoms with Crippen LogP contribution in [0, 0.1) is 13.8 Å². The Hall–Kier alpha value is -1.13. The van der Waals surface area contributed by atoms with Gasteiger partial charge in [-0.1, -0.05) is 6.92 Å². The number of nitrogens with one attached hydrogen (secondary N) is 1. The monoisotopic (exact) mass is 280 g/mol. The first kappa shape index (κ1) is 16.9. The molecule has 0 aliphatic rings. The van der Waals surface area contributed by atoms with Gasteiger partial charge in [-0.15, -0.1) is 0 Å². The van der Waals surface area contributed by atoms with E-state index in [1.165, 1.54) is 5.56 Å². The minimum atomic E-state index is -0.166. The maximum atomic E-state index is 5.90. The van der Waals surface area contributed by atoms with Gasteiger partial charge in [-0.25, -0.2) is 4.98 Å². The van der Waals surface area contributed by atoms with Gasteiger partial charge in [0.15, 0.2) is 0 Å². The molecule has 1 heterocycles. The number of ether oxygens (including phenoxy) is 2. The van der Waals surface area contributed by atoms with E-state index in [1.807, 2.05) is 6.92 Å². The maximum Gasteiger partial charge on any atom is 0.218 e. The van der Waals surface area contributed by atoms with Crippen LogP contribution in [0.1, 0.15) is 44.0 Å². The van der Waals surface area contributed by atoms with Gasteiger partial charge in [-0.05, 0) is 45.9 Å². The van der Waals surface area contributed by atoms with Crippen LogP contribution in [0.4, 0.5) is 0 Å². The summed E-state index contributed by atoms with van der Waals surface area (Å²) in [4.78, 5) is 4.53. The van der Waals surface area contributed by atoms with Crippen LogP contribution in [0.25, 0.3) is 0 Å². The van der Waals surface area contributed by atoms with Crippen molar-refractivity contribution in [3.63, 3.8) is 0 Å². The Bertz CT molecular complexity index is 431. The molecule has 0 aliphatic carbocycles. The van der Waals surface area contributed by atoms with Gasteiger partial charge in [0.2, 0.25) is 5.88 Å². The largest absolute Gasteiger partial charge is 0.477 e. The van der Waals surface area contributed by atoms with Crippen molar-refractivity contribution >= 4 is 0 Å². The van der Waals surface area contributed by atoms with E-state index in [4.69, 9.17) is 9.47 Å². The Balaban J connectivity index is 2.76. The van der Waals surface area contributed by atoms with Crippen molar-refractivity contribution in [1.82, 2.24) is 10.3 Å². The summed E-state index contributed by atoms with van der Waals surface area (Å²) in [6.07, 6.45) is 0.832. The highest BCUT2D eigenvalue weighted by atomic mass is 16.5. The van der Waals surface area contributed by atoms with Crippen LogP contribution < -0.4 is 10.1 Å². The Morgan fingerprint density at radius 1 is 1.30 bits per heavy atom. The third kappa shape index (κ3) is 5.10. The summed E-state index contributed by atoms with van der Waals surface area (Å²) < 4.78 is 11.3. The highest BCUT2D eigenvalue weighted by molar-refractivity contribution is 5.35. The van der Waals surface area contributed by atoms with Crippen LogP contribution in [0.15, 0.2) is 6.07 Å². The molecule has 0 unspecified atom stereocenters. The van der Waals surface area contributed by atoms with Crippen molar-refractivity contribution in [2.45, 2.75) is 53.2 Å². The van der Waals surface area contributed by atoms with Crippen LogP contribution in [0.5, 0.6) is 5.88 Å². The Labute approximate surface area is 122 Å². The second-order valence-electron chi connectivity index (χ2n) is 5.71. The average Bonchev–Trinajstić information content (AvgIpc) is 2.37. The molecular formula is C16H28N2O2. The molecule has 0 aromatic carbocycles. The molecule has 1 N–H and O–H groups in total. The second-order valence-corrected chi connectivity index (χ2v) is 5.71. The quantitative estimate of drug-likeness (QED) is 0.795. The van der Waals surface area contributed by atoms with Crippen LogP contribution in [-0.2, 0) is 11.3 Å². The van der Waals surface area contributed by atoms with Crippen molar-refractivity contribution in [2.75, 3.05) is 20.3 Å². The number of hydrogen-bond donors (Lipinski definition) is 1. The first-order chi connectivity index (χ1) is 9.39. The summed E-state index contributed by atoms with van der Waals surface area (Å²) >= 11 is 0. The van der Waals surface area contributed by atoms with E-state index >= 15 is 0 Å². The molecule has 0 atom stereocenters. The molecule has 0 bridgehead atoms. The van der Waals surface area contributed by atoms with Gasteiger partial charge in [-0.3, -0.25) is 0 Å². The van der Waals surface area contributed by atoms with E-state index in [-0.39, 0.29) is 5.60 Å². The summed E-state index contributed by atoms with van der Waals surface area (Å²) in [7, 11) is 1.73. The summed E-state index contributed by atoms with van der Waals surface area (Å²) in [5, 5.41) is 3.34. The van der Waals surface area contributed by atoms with E-state index in [2.05, 4.69) is 44.1 Å². The molecule has 0 spiro atoms.